The van der Waals surface area contributed by atoms with E-state index in [9.17, 15) is 9.90 Å². The Hall–Kier alpha value is -1.62. The van der Waals surface area contributed by atoms with Crippen LogP contribution in [-0.2, 0) is 11.3 Å². The van der Waals surface area contributed by atoms with Gasteiger partial charge < -0.3 is 10.4 Å². The summed E-state index contributed by atoms with van der Waals surface area (Å²) >= 11 is 0. The van der Waals surface area contributed by atoms with Crippen molar-refractivity contribution in [3.63, 3.8) is 0 Å². The molecule has 5 nitrogen and oxygen atoms in total. The van der Waals surface area contributed by atoms with E-state index in [1.165, 1.54) is 0 Å². The van der Waals surface area contributed by atoms with Gasteiger partial charge in [0, 0.05) is 18.3 Å². The lowest BCUT2D eigenvalue weighted by atomic mass is 10.2. The molecule has 0 fully saturated rings. The molecule has 0 aliphatic rings. The predicted molar refractivity (Wildman–Crippen MR) is 74.9 cm³/mol. The zero-order chi connectivity index (χ0) is 14.4. The molecule has 0 radical (unpaired) electrons. The summed E-state index contributed by atoms with van der Waals surface area (Å²) in [6.07, 6.45) is 0. The first-order chi connectivity index (χ1) is 8.92. The molecule has 0 aliphatic heterocycles. The molecule has 0 bridgehead atoms. The fourth-order valence-corrected chi connectivity index (χ4v) is 1.78. The van der Waals surface area contributed by atoms with Crippen molar-refractivity contribution >= 4 is 5.91 Å². The Balaban J connectivity index is 2.66. The summed E-state index contributed by atoms with van der Waals surface area (Å²) in [6.45, 7) is 9.23. The minimum absolute atomic E-state index is 0.0102. The molecule has 106 valence electrons. The number of aryl methyl sites for hydroxylation is 1. The number of rotatable bonds is 6. The molecule has 0 aliphatic carbocycles. The third-order valence-electron chi connectivity index (χ3n) is 2.73. The van der Waals surface area contributed by atoms with Crippen LogP contribution in [0.2, 0.25) is 0 Å². The fraction of sp³-hybridized carbons (Fsp3) is 0.571. The minimum atomic E-state index is -0.0102. The molecule has 0 aromatic carbocycles. The van der Waals surface area contributed by atoms with Gasteiger partial charge in [-0.25, -0.2) is 0 Å². The zero-order valence-electron chi connectivity index (χ0n) is 12.1. The lowest BCUT2D eigenvalue weighted by Crippen LogP contribution is -2.39. The van der Waals surface area contributed by atoms with Crippen molar-refractivity contribution in [3.05, 3.63) is 23.5 Å². The van der Waals surface area contributed by atoms with Crippen LogP contribution in [0.3, 0.4) is 0 Å². The molecule has 0 spiro atoms. The highest BCUT2D eigenvalue weighted by molar-refractivity contribution is 5.78. The molecule has 5 heteroatoms. The summed E-state index contributed by atoms with van der Waals surface area (Å²) in [6, 6.07) is 3.54. The van der Waals surface area contributed by atoms with Crippen molar-refractivity contribution in [2.45, 2.75) is 40.3 Å². The predicted octanol–water partition coefficient (Wildman–Crippen LogP) is 1.44. The summed E-state index contributed by atoms with van der Waals surface area (Å²) in [5, 5.41) is 12.6. The number of aromatic hydroxyl groups is 1. The van der Waals surface area contributed by atoms with Gasteiger partial charge in [-0.05, 0) is 39.4 Å². The van der Waals surface area contributed by atoms with Crippen molar-refractivity contribution in [2.75, 3.05) is 13.1 Å². The summed E-state index contributed by atoms with van der Waals surface area (Å²) in [7, 11) is 0. The third-order valence-corrected chi connectivity index (χ3v) is 2.73. The number of likely N-dealkylation sites (N-methyl/N-ethyl adjacent to an activating group) is 1. The van der Waals surface area contributed by atoms with Gasteiger partial charge in [-0.2, -0.15) is 0 Å². The normalized spacial score (nSPS) is 11.1. The minimum Gasteiger partial charge on any atom is -0.506 e. The zero-order valence-corrected chi connectivity index (χ0v) is 12.1. The van der Waals surface area contributed by atoms with Gasteiger partial charge >= 0.3 is 0 Å². The molecule has 1 amide bonds. The topological polar surface area (TPSA) is 65.5 Å². The number of carbonyl (C=O) groups is 1. The van der Waals surface area contributed by atoms with E-state index >= 15 is 0 Å². The molecule has 0 atom stereocenters. The maximum absolute atomic E-state index is 11.7. The van der Waals surface area contributed by atoms with E-state index in [0.29, 0.717) is 18.8 Å². The Morgan fingerprint density at radius 3 is 2.74 bits per heavy atom. The Morgan fingerprint density at radius 2 is 2.16 bits per heavy atom. The monoisotopic (exact) mass is 265 g/mol. The lowest BCUT2D eigenvalue weighted by Gasteiger charge is -2.20. The van der Waals surface area contributed by atoms with Gasteiger partial charge in [-0.3, -0.25) is 14.7 Å². The highest BCUT2D eigenvalue weighted by Crippen LogP contribution is 2.16. The maximum Gasteiger partial charge on any atom is 0.234 e. The number of nitrogens with zero attached hydrogens (tertiary/aromatic N) is 2. The summed E-state index contributed by atoms with van der Waals surface area (Å²) in [5.74, 6) is 0.164. The largest absolute Gasteiger partial charge is 0.506 e. The average Bonchev–Trinajstić information content (AvgIpc) is 2.31. The van der Waals surface area contributed by atoms with Crippen LogP contribution in [0.1, 0.15) is 32.2 Å². The van der Waals surface area contributed by atoms with Gasteiger partial charge in [-0.1, -0.05) is 6.92 Å². The molecule has 0 saturated carbocycles. The fourth-order valence-electron chi connectivity index (χ4n) is 1.78. The smallest absolute Gasteiger partial charge is 0.234 e. The van der Waals surface area contributed by atoms with Crippen molar-refractivity contribution in [2.24, 2.45) is 0 Å². The van der Waals surface area contributed by atoms with E-state index < -0.39 is 0 Å². The molecule has 1 rings (SSSR count). The van der Waals surface area contributed by atoms with E-state index in [0.717, 1.165) is 12.2 Å². The summed E-state index contributed by atoms with van der Waals surface area (Å²) in [4.78, 5) is 18.0. The average molecular weight is 265 g/mol. The van der Waals surface area contributed by atoms with Gasteiger partial charge in [0.2, 0.25) is 5.91 Å². The second-order valence-corrected chi connectivity index (χ2v) is 4.94. The number of hydrogen-bond donors (Lipinski definition) is 2. The van der Waals surface area contributed by atoms with E-state index in [2.05, 4.69) is 10.3 Å². The first-order valence-corrected chi connectivity index (χ1v) is 6.59. The maximum atomic E-state index is 11.7. The van der Waals surface area contributed by atoms with Crippen LogP contribution in [0.15, 0.2) is 12.1 Å². The van der Waals surface area contributed by atoms with Crippen LogP contribution < -0.4 is 5.32 Å². The van der Waals surface area contributed by atoms with E-state index in [-0.39, 0.29) is 17.7 Å². The summed E-state index contributed by atoms with van der Waals surface area (Å²) in [5.41, 5.74) is 1.47. The van der Waals surface area contributed by atoms with Crippen LogP contribution in [0.4, 0.5) is 0 Å². The summed E-state index contributed by atoms with van der Waals surface area (Å²) < 4.78 is 0. The van der Waals surface area contributed by atoms with Gasteiger partial charge in [-0.15, -0.1) is 0 Å². The second kappa shape index (κ2) is 7.09. The molecule has 0 saturated heterocycles. The Kier molecular flexibility index (Phi) is 5.76. The van der Waals surface area contributed by atoms with Gasteiger partial charge in [0.05, 0.1) is 12.2 Å². The number of pyridine rings is 1. The Bertz CT molecular complexity index is 433. The van der Waals surface area contributed by atoms with Crippen LogP contribution >= 0.6 is 0 Å². The van der Waals surface area contributed by atoms with Crippen LogP contribution in [-0.4, -0.2) is 40.0 Å². The van der Waals surface area contributed by atoms with Gasteiger partial charge in [0.1, 0.15) is 5.75 Å². The van der Waals surface area contributed by atoms with Crippen LogP contribution in [0.5, 0.6) is 5.75 Å². The van der Waals surface area contributed by atoms with E-state index in [4.69, 9.17) is 0 Å². The first-order valence-electron chi connectivity index (χ1n) is 6.59. The molecule has 19 heavy (non-hydrogen) atoms. The molecule has 1 aromatic rings. The number of hydrogen-bond acceptors (Lipinski definition) is 4. The van der Waals surface area contributed by atoms with Crippen molar-refractivity contribution in [1.82, 2.24) is 15.2 Å². The van der Waals surface area contributed by atoms with Gasteiger partial charge in [0.15, 0.2) is 0 Å². The lowest BCUT2D eigenvalue weighted by molar-refractivity contribution is -0.122. The van der Waals surface area contributed by atoms with Crippen molar-refractivity contribution in [1.29, 1.82) is 0 Å². The standard InChI is InChI=1S/C14H23N3O2/c1-5-17(9-14(19)15-10(2)3)8-12-13(18)7-6-11(4)16-12/h6-7,10,18H,5,8-9H2,1-4H3,(H,15,19). The number of carbonyl (C=O) groups excluding carboxylic acids is 1. The second-order valence-electron chi connectivity index (χ2n) is 4.94. The third kappa shape index (κ3) is 5.26. The number of nitrogens with one attached hydrogen (secondary N) is 1. The highest BCUT2D eigenvalue weighted by atomic mass is 16.3. The van der Waals surface area contributed by atoms with E-state index in [1.54, 1.807) is 12.1 Å². The van der Waals surface area contributed by atoms with Crippen molar-refractivity contribution < 1.29 is 9.90 Å². The molecular weight excluding hydrogens is 242 g/mol. The Labute approximate surface area is 114 Å². The molecule has 1 aromatic heterocycles. The molecule has 2 N–H and O–H groups in total. The molecule has 0 unspecified atom stereocenters. The van der Waals surface area contributed by atoms with Gasteiger partial charge in [0.25, 0.3) is 0 Å². The highest BCUT2D eigenvalue weighted by Gasteiger charge is 2.13. The number of amides is 1. The van der Waals surface area contributed by atoms with Crippen molar-refractivity contribution in [3.8, 4) is 5.75 Å². The molecule has 1 heterocycles. The number of aromatic nitrogens is 1. The van der Waals surface area contributed by atoms with E-state index in [1.807, 2.05) is 32.6 Å². The Morgan fingerprint density at radius 1 is 1.47 bits per heavy atom. The van der Waals surface area contributed by atoms with Crippen LogP contribution in [0, 0.1) is 6.92 Å². The first kappa shape index (κ1) is 15.4. The molecular formula is C14H23N3O2. The quantitative estimate of drug-likeness (QED) is 0.817. The SMILES string of the molecule is CCN(CC(=O)NC(C)C)Cc1nc(C)ccc1O. The van der Waals surface area contributed by atoms with Crippen LogP contribution in [0.25, 0.3) is 0 Å².